The lowest BCUT2D eigenvalue weighted by Gasteiger charge is -2.13. The maximum Gasteiger partial charge on any atom is 0.276 e. The van der Waals surface area contributed by atoms with Crippen LogP contribution in [0.2, 0.25) is 0 Å². The number of para-hydroxylation sites is 2. The molecule has 0 heterocycles. The summed E-state index contributed by atoms with van der Waals surface area (Å²) in [4.78, 5) is 23.1. The Hall–Kier alpha value is -3.72. The molecule has 0 unspecified atom stereocenters. The van der Waals surface area contributed by atoms with Crippen molar-refractivity contribution in [1.29, 1.82) is 5.26 Å². The second kappa shape index (κ2) is 9.83. The van der Waals surface area contributed by atoms with E-state index in [4.69, 9.17) is 0 Å². The lowest BCUT2D eigenvalue weighted by molar-refractivity contribution is -0.385. The molecule has 2 aromatic rings. The molecule has 0 aliphatic rings. The van der Waals surface area contributed by atoms with E-state index in [0.717, 1.165) is 29.7 Å². The second-order valence-corrected chi connectivity index (χ2v) is 5.98. The van der Waals surface area contributed by atoms with Gasteiger partial charge in [0.05, 0.1) is 10.5 Å². The molecule has 6 heteroatoms. The van der Waals surface area contributed by atoms with Crippen LogP contribution in [-0.4, -0.2) is 10.8 Å². The molecule has 0 aromatic heterocycles. The van der Waals surface area contributed by atoms with E-state index in [1.54, 1.807) is 18.2 Å². The molecule has 0 saturated heterocycles. The fourth-order valence-corrected chi connectivity index (χ4v) is 2.79. The molecule has 2 aromatic carbocycles. The molecule has 0 fully saturated rings. The van der Waals surface area contributed by atoms with Crippen molar-refractivity contribution < 1.29 is 9.72 Å². The largest absolute Gasteiger partial charge is 0.321 e. The first kappa shape index (κ1) is 20.6. The van der Waals surface area contributed by atoms with Gasteiger partial charge in [0, 0.05) is 11.8 Å². The van der Waals surface area contributed by atoms with Gasteiger partial charge in [-0.25, -0.2) is 0 Å². The Labute approximate surface area is 164 Å². The molecule has 0 aliphatic heterocycles. The number of nitrogens with zero attached hydrogens (tertiary/aromatic N) is 2. The van der Waals surface area contributed by atoms with Crippen LogP contribution in [0.15, 0.2) is 60.2 Å². The smallest absolute Gasteiger partial charge is 0.276 e. The Morgan fingerprint density at radius 3 is 2.36 bits per heavy atom. The Kier molecular flexibility index (Phi) is 7.23. The van der Waals surface area contributed by atoms with E-state index >= 15 is 0 Å². The number of nitro benzene ring substituents is 1. The summed E-state index contributed by atoms with van der Waals surface area (Å²) in [7, 11) is 0. The van der Waals surface area contributed by atoms with E-state index in [1.165, 1.54) is 24.3 Å². The molecular formula is C22H21N3O3. The molecule has 1 amide bonds. The standard InChI is InChI=1S/C22H21N3O3/c1-3-16-10-7-11-17(4-2)21(16)24-22(26)19(15-23)13-8-12-18-9-5-6-14-20(18)25(27)28/h5-14H,3-4H2,1-2H3,(H,24,26). The third-order valence-corrected chi connectivity index (χ3v) is 4.27. The van der Waals surface area contributed by atoms with Crippen molar-refractivity contribution in [3.8, 4) is 6.07 Å². The van der Waals surface area contributed by atoms with E-state index < -0.39 is 10.8 Å². The number of nitro groups is 1. The van der Waals surface area contributed by atoms with Crippen LogP contribution < -0.4 is 5.32 Å². The predicted octanol–water partition coefficient (Wildman–Crippen LogP) is 4.82. The Morgan fingerprint density at radius 1 is 1.14 bits per heavy atom. The molecule has 0 bridgehead atoms. The van der Waals surface area contributed by atoms with Gasteiger partial charge in [-0.3, -0.25) is 14.9 Å². The topological polar surface area (TPSA) is 96.0 Å². The summed E-state index contributed by atoms with van der Waals surface area (Å²) >= 11 is 0. The number of hydrogen-bond donors (Lipinski definition) is 1. The molecule has 0 saturated carbocycles. The SMILES string of the molecule is CCc1cccc(CC)c1NC(=O)C(C#N)=CC=Cc1ccccc1[N+](=O)[O-]. The molecule has 0 aliphatic carbocycles. The van der Waals surface area contributed by atoms with Gasteiger partial charge in [-0.05, 0) is 42.2 Å². The highest BCUT2D eigenvalue weighted by molar-refractivity contribution is 6.07. The lowest BCUT2D eigenvalue weighted by atomic mass is 10.0. The fourth-order valence-electron chi connectivity index (χ4n) is 2.79. The van der Waals surface area contributed by atoms with Crippen molar-refractivity contribution in [1.82, 2.24) is 0 Å². The van der Waals surface area contributed by atoms with Gasteiger partial charge >= 0.3 is 0 Å². The molecule has 142 valence electrons. The second-order valence-electron chi connectivity index (χ2n) is 5.98. The van der Waals surface area contributed by atoms with Crippen LogP contribution in [0.4, 0.5) is 11.4 Å². The molecule has 0 atom stereocenters. The van der Waals surface area contributed by atoms with Crippen LogP contribution in [0.1, 0.15) is 30.5 Å². The average Bonchev–Trinajstić information content (AvgIpc) is 2.71. The number of carbonyl (C=O) groups excluding carboxylic acids is 1. The zero-order valence-corrected chi connectivity index (χ0v) is 15.8. The minimum Gasteiger partial charge on any atom is -0.321 e. The summed E-state index contributed by atoms with van der Waals surface area (Å²) < 4.78 is 0. The van der Waals surface area contributed by atoms with E-state index in [9.17, 15) is 20.2 Å². The first-order valence-electron chi connectivity index (χ1n) is 8.95. The Morgan fingerprint density at radius 2 is 1.79 bits per heavy atom. The predicted molar refractivity (Wildman–Crippen MR) is 110 cm³/mol. The van der Waals surface area contributed by atoms with Gasteiger partial charge in [0.1, 0.15) is 11.6 Å². The van der Waals surface area contributed by atoms with Crippen molar-refractivity contribution in [2.24, 2.45) is 0 Å². The highest BCUT2D eigenvalue weighted by atomic mass is 16.6. The summed E-state index contributed by atoms with van der Waals surface area (Å²) in [5, 5.41) is 23.2. The van der Waals surface area contributed by atoms with Crippen molar-refractivity contribution >= 4 is 23.4 Å². The first-order chi connectivity index (χ1) is 13.5. The van der Waals surface area contributed by atoms with Crippen molar-refractivity contribution in [2.75, 3.05) is 5.32 Å². The van der Waals surface area contributed by atoms with Gasteiger partial charge in [-0.2, -0.15) is 5.26 Å². The first-order valence-corrected chi connectivity index (χ1v) is 8.95. The monoisotopic (exact) mass is 375 g/mol. The fraction of sp³-hybridized carbons (Fsp3) is 0.182. The van der Waals surface area contributed by atoms with Crippen molar-refractivity contribution in [2.45, 2.75) is 26.7 Å². The van der Waals surface area contributed by atoms with Gasteiger partial charge in [-0.15, -0.1) is 0 Å². The minimum absolute atomic E-state index is 0.0421. The molecule has 0 radical (unpaired) electrons. The van der Waals surface area contributed by atoms with Gasteiger partial charge < -0.3 is 5.32 Å². The van der Waals surface area contributed by atoms with Gasteiger partial charge in [-0.1, -0.05) is 50.3 Å². The van der Waals surface area contributed by atoms with Gasteiger partial charge in [0.25, 0.3) is 11.6 Å². The van der Waals surface area contributed by atoms with Gasteiger partial charge in [0.2, 0.25) is 0 Å². The summed E-state index contributed by atoms with van der Waals surface area (Å²) in [5.41, 5.74) is 3.01. The lowest BCUT2D eigenvalue weighted by Crippen LogP contribution is -2.16. The van der Waals surface area contributed by atoms with Crippen LogP contribution in [0.3, 0.4) is 0 Å². The normalized spacial score (nSPS) is 11.2. The minimum atomic E-state index is -0.509. The number of benzene rings is 2. The van der Waals surface area contributed by atoms with Crippen LogP contribution in [0.25, 0.3) is 6.08 Å². The van der Waals surface area contributed by atoms with E-state index in [0.29, 0.717) is 5.56 Å². The number of aryl methyl sites for hydroxylation is 2. The summed E-state index contributed by atoms with van der Waals surface area (Å²) in [5.74, 6) is -0.509. The molecule has 28 heavy (non-hydrogen) atoms. The van der Waals surface area contributed by atoms with Crippen LogP contribution in [-0.2, 0) is 17.6 Å². The maximum absolute atomic E-state index is 12.6. The highest BCUT2D eigenvalue weighted by Gasteiger charge is 2.13. The van der Waals surface area contributed by atoms with Crippen molar-refractivity contribution in [3.05, 3.63) is 87.0 Å². The van der Waals surface area contributed by atoms with Gasteiger partial charge in [0.15, 0.2) is 0 Å². The Bertz CT molecular complexity index is 963. The van der Waals surface area contributed by atoms with Crippen LogP contribution in [0.5, 0.6) is 0 Å². The highest BCUT2D eigenvalue weighted by Crippen LogP contribution is 2.23. The zero-order valence-electron chi connectivity index (χ0n) is 15.8. The van der Waals surface area contributed by atoms with E-state index in [2.05, 4.69) is 5.32 Å². The van der Waals surface area contributed by atoms with Crippen LogP contribution >= 0.6 is 0 Å². The number of hydrogen-bond acceptors (Lipinski definition) is 4. The number of carbonyl (C=O) groups is 1. The zero-order chi connectivity index (χ0) is 20.5. The summed E-state index contributed by atoms with van der Waals surface area (Å²) in [6.45, 7) is 4.00. The summed E-state index contributed by atoms with van der Waals surface area (Å²) in [6.07, 6.45) is 5.83. The molecule has 1 N–H and O–H groups in total. The number of nitriles is 1. The molecular weight excluding hydrogens is 354 g/mol. The van der Waals surface area contributed by atoms with Crippen molar-refractivity contribution in [3.63, 3.8) is 0 Å². The number of nitrogens with one attached hydrogen (secondary N) is 1. The molecule has 6 nitrogen and oxygen atoms in total. The summed E-state index contributed by atoms with van der Waals surface area (Å²) in [6, 6.07) is 14.0. The average molecular weight is 375 g/mol. The maximum atomic E-state index is 12.6. The third kappa shape index (κ3) is 4.92. The molecule has 0 spiro atoms. The van der Waals surface area contributed by atoms with E-state index in [1.807, 2.05) is 38.1 Å². The third-order valence-electron chi connectivity index (χ3n) is 4.27. The number of allylic oxidation sites excluding steroid dienone is 2. The number of rotatable bonds is 7. The van der Waals surface area contributed by atoms with Crippen LogP contribution in [0, 0.1) is 21.4 Å². The quantitative estimate of drug-likeness (QED) is 0.247. The Balaban J connectivity index is 2.26. The van der Waals surface area contributed by atoms with E-state index in [-0.39, 0.29) is 11.3 Å². The number of amides is 1. The molecule has 2 rings (SSSR count). The number of anilines is 1.